The van der Waals surface area contributed by atoms with Crippen molar-refractivity contribution in [2.75, 3.05) is 5.73 Å². The van der Waals surface area contributed by atoms with Gasteiger partial charge in [0, 0.05) is 10.7 Å². The summed E-state index contributed by atoms with van der Waals surface area (Å²) in [6.45, 7) is 0. The van der Waals surface area contributed by atoms with Gasteiger partial charge in [0.2, 0.25) is 0 Å². The average Bonchev–Trinajstić information content (AvgIpc) is 2.49. The van der Waals surface area contributed by atoms with E-state index in [2.05, 4.69) is 0 Å². The Morgan fingerprint density at radius 2 is 1.50 bits per heavy atom. The van der Waals surface area contributed by atoms with Crippen LogP contribution >= 0.6 is 11.6 Å². The number of rotatable bonds is 3. The zero-order valence-electron chi connectivity index (χ0n) is 11.4. The molecule has 0 spiro atoms. The van der Waals surface area contributed by atoms with Gasteiger partial charge in [-0.05, 0) is 59.3 Å². The Balaban J connectivity index is 1.97. The van der Waals surface area contributed by atoms with E-state index in [1.165, 1.54) is 18.2 Å². The lowest BCUT2D eigenvalue weighted by molar-refractivity contribution is 0.486. The molecule has 22 heavy (non-hydrogen) atoms. The summed E-state index contributed by atoms with van der Waals surface area (Å²) in [6.07, 6.45) is 0. The van der Waals surface area contributed by atoms with Crippen LogP contribution in [0.25, 0.3) is 10.8 Å². The van der Waals surface area contributed by atoms with Crippen LogP contribution in [0.3, 0.4) is 0 Å². The number of halogens is 1. The zero-order valence-corrected chi connectivity index (χ0v) is 12.9. The van der Waals surface area contributed by atoms with Crippen molar-refractivity contribution in [2.24, 2.45) is 0 Å². The maximum absolute atomic E-state index is 12.3. The van der Waals surface area contributed by atoms with E-state index >= 15 is 0 Å². The summed E-state index contributed by atoms with van der Waals surface area (Å²) >= 11 is 5.76. The van der Waals surface area contributed by atoms with Crippen molar-refractivity contribution in [3.8, 4) is 5.75 Å². The summed E-state index contributed by atoms with van der Waals surface area (Å²) in [5.41, 5.74) is 6.33. The van der Waals surface area contributed by atoms with E-state index in [1.807, 2.05) is 0 Å². The first-order valence-corrected chi connectivity index (χ1v) is 8.22. The van der Waals surface area contributed by atoms with Crippen LogP contribution in [0.5, 0.6) is 5.75 Å². The van der Waals surface area contributed by atoms with Crippen molar-refractivity contribution in [3.63, 3.8) is 0 Å². The van der Waals surface area contributed by atoms with Crippen molar-refractivity contribution in [1.82, 2.24) is 0 Å². The third-order valence-electron chi connectivity index (χ3n) is 3.14. The Bertz CT molecular complexity index is 937. The van der Waals surface area contributed by atoms with Crippen LogP contribution in [0.1, 0.15) is 0 Å². The molecule has 3 aromatic carbocycles. The molecule has 3 aromatic rings. The number of fused-ring (bicyclic) bond motifs is 1. The van der Waals surface area contributed by atoms with E-state index in [-0.39, 0.29) is 10.6 Å². The molecule has 0 unspecified atom stereocenters. The lowest BCUT2D eigenvalue weighted by Gasteiger charge is -2.08. The summed E-state index contributed by atoms with van der Waals surface area (Å²) in [5.74, 6) is 0.210. The van der Waals surface area contributed by atoms with E-state index in [0.717, 1.165) is 10.8 Å². The predicted octanol–water partition coefficient (Wildman–Crippen LogP) is 3.84. The number of nitrogens with two attached hydrogens (primary N) is 1. The van der Waals surface area contributed by atoms with Gasteiger partial charge in [0.05, 0.1) is 0 Å². The number of anilines is 1. The maximum Gasteiger partial charge on any atom is 0.339 e. The molecule has 6 heteroatoms. The highest BCUT2D eigenvalue weighted by atomic mass is 35.5. The van der Waals surface area contributed by atoms with E-state index < -0.39 is 10.1 Å². The van der Waals surface area contributed by atoms with Crippen LogP contribution in [0.2, 0.25) is 5.02 Å². The third kappa shape index (κ3) is 3.00. The Labute approximate surface area is 133 Å². The highest BCUT2D eigenvalue weighted by Crippen LogP contribution is 2.24. The first kappa shape index (κ1) is 14.7. The monoisotopic (exact) mass is 333 g/mol. The summed E-state index contributed by atoms with van der Waals surface area (Å²) in [5, 5.41) is 2.15. The second-order valence-electron chi connectivity index (χ2n) is 4.76. The smallest absolute Gasteiger partial charge is 0.339 e. The molecule has 0 heterocycles. The molecule has 0 aliphatic carbocycles. The van der Waals surface area contributed by atoms with Gasteiger partial charge < -0.3 is 9.92 Å². The van der Waals surface area contributed by atoms with E-state index in [1.54, 1.807) is 42.5 Å². The zero-order chi connectivity index (χ0) is 15.7. The van der Waals surface area contributed by atoms with Crippen LogP contribution in [-0.2, 0) is 10.1 Å². The normalized spacial score (nSPS) is 11.5. The van der Waals surface area contributed by atoms with Crippen molar-refractivity contribution < 1.29 is 12.6 Å². The van der Waals surface area contributed by atoms with Crippen LogP contribution in [0.15, 0.2) is 65.6 Å². The molecule has 0 saturated carbocycles. The van der Waals surface area contributed by atoms with Gasteiger partial charge in [-0.15, -0.1) is 0 Å². The Kier molecular flexibility index (Phi) is 3.68. The van der Waals surface area contributed by atoms with Crippen molar-refractivity contribution in [2.45, 2.75) is 4.90 Å². The SMILES string of the molecule is Nc1ccc2cc(S(=O)(=O)Oc3ccc(Cl)cc3)ccc2c1. The van der Waals surface area contributed by atoms with Crippen molar-refractivity contribution in [1.29, 1.82) is 0 Å². The fraction of sp³-hybridized carbons (Fsp3) is 0. The molecule has 112 valence electrons. The second kappa shape index (κ2) is 5.51. The first-order valence-electron chi connectivity index (χ1n) is 6.43. The van der Waals surface area contributed by atoms with Crippen LogP contribution in [0.4, 0.5) is 5.69 Å². The van der Waals surface area contributed by atoms with Crippen LogP contribution < -0.4 is 9.92 Å². The van der Waals surface area contributed by atoms with Gasteiger partial charge in [0.25, 0.3) is 0 Å². The standard InChI is InChI=1S/C16H12ClNO3S/c17-13-3-6-15(7-4-13)21-22(19,20)16-8-2-11-9-14(18)5-1-12(11)10-16/h1-10H,18H2. The highest BCUT2D eigenvalue weighted by Gasteiger charge is 2.17. The minimum Gasteiger partial charge on any atom is -0.399 e. The van der Waals surface area contributed by atoms with Crippen molar-refractivity contribution in [3.05, 3.63) is 65.7 Å². The van der Waals surface area contributed by atoms with E-state index in [9.17, 15) is 8.42 Å². The van der Waals surface area contributed by atoms with E-state index in [4.69, 9.17) is 21.5 Å². The van der Waals surface area contributed by atoms with Gasteiger partial charge in [-0.25, -0.2) is 0 Å². The molecule has 3 rings (SSSR count). The van der Waals surface area contributed by atoms with Gasteiger partial charge >= 0.3 is 10.1 Å². The van der Waals surface area contributed by atoms with Gasteiger partial charge in [0.15, 0.2) is 0 Å². The van der Waals surface area contributed by atoms with Gasteiger partial charge in [0.1, 0.15) is 10.6 Å². The second-order valence-corrected chi connectivity index (χ2v) is 6.74. The fourth-order valence-corrected chi connectivity index (χ4v) is 3.16. The number of hydrogen-bond donors (Lipinski definition) is 1. The third-order valence-corrected chi connectivity index (χ3v) is 4.64. The summed E-state index contributed by atoms with van der Waals surface area (Å²) in [7, 11) is -3.90. The molecule has 0 atom stereocenters. The average molecular weight is 334 g/mol. The lowest BCUT2D eigenvalue weighted by Crippen LogP contribution is -2.09. The molecule has 4 nitrogen and oxygen atoms in total. The molecule has 0 bridgehead atoms. The minimum absolute atomic E-state index is 0.0831. The molecule has 0 amide bonds. The molecule has 0 fully saturated rings. The molecule has 0 saturated heterocycles. The van der Waals surface area contributed by atoms with Crippen LogP contribution in [0, 0.1) is 0 Å². The lowest BCUT2D eigenvalue weighted by atomic mass is 10.1. The number of hydrogen-bond acceptors (Lipinski definition) is 4. The Morgan fingerprint density at radius 3 is 2.23 bits per heavy atom. The van der Waals surface area contributed by atoms with Crippen molar-refractivity contribution >= 4 is 38.2 Å². The molecule has 0 aromatic heterocycles. The highest BCUT2D eigenvalue weighted by molar-refractivity contribution is 7.87. The molecule has 0 radical (unpaired) electrons. The number of benzene rings is 3. The summed E-state index contributed by atoms with van der Waals surface area (Å²) in [6, 6.07) is 16.2. The Morgan fingerprint density at radius 1 is 0.864 bits per heavy atom. The Hall–Kier alpha value is -2.24. The fourth-order valence-electron chi connectivity index (χ4n) is 2.06. The molecule has 2 N–H and O–H groups in total. The molecular formula is C16H12ClNO3S. The molecule has 0 aliphatic rings. The maximum atomic E-state index is 12.3. The molecular weight excluding hydrogens is 322 g/mol. The quantitative estimate of drug-likeness (QED) is 0.584. The van der Waals surface area contributed by atoms with Gasteiger partial charge in [-0.2, -0.15) is 8.42 Å². The molecule has 0 aliphatic heterocycles. The van der Waals surface area contributed by atoms with E-state index in [0.29, 0.717) is 10.7 Å². The topological polar surface area (TPSA) is 69.4 Å². The van der Waals surface area contributed by atoms with Gasteiger partial charge in [-0.3, -0.25) is 0 Å². The summed E-state index contributed by atoms with van der Waals surface area (Å²) < 4.78 is 29.7. The van der Waals surface area contributed by atoms with Crippen LogP contribution in [-0.4, -0.2) is 8.42 Å². The summed E-state index contributed by atoms with van der Waals surface area (Å²) in [4.78, 5) is 0.0831. The number of nitrogen functional groups attached to an aromatic ring is 1. The minimum atomic E-state index is -3.90. The first-order chi connectivity index (χ1) is 10.4. The van der Waals surface area contributed by atoms with Gasteiger partial charge in [-0.1, -0.05) is 23.7 Å². The predicted molar refractivity (Wildman–Crippen MR) is 87.6 cm³/mol. The largest absolute Gasteiger partial charge is 0.399 e.